The fourth-order valence-corrected chi connectivity index (χ4v) is 3.19. The van der Waals surface area contributed by atoms with Crippen LogP contribution in [0.3, 0.4) is 0 Å². The molecule has 106 valence electrons. The Labute approximate surface area is 123 Å². The van der Waals surface area contributed by atoms with Gasteiger partial charge >= 0.3 is 0 Å². The van der Waals surface area contributed by atoms with Gasteiger partial charge in [0.15, 0.2) is 0 Å². The van der Waals surface area contributed by atoms with Crippen molar-refractivity contribution >= 4 is 23.2 Å². The third-order valence-electron chi connectivity index (χ3n) is 3.59. The standard InChI is InChI=1S/C14H19Cl2FN2/c1-10(18-6-9-19-7-2-3-8-19)13-11(15)4-5-12(17)14(13)16/h4-5,10,18H,2-3,6-9H2,1H3. The summed E-state index contributed by atoms with van der Waals surface area (Å²) in [5, 5.41) is 3.98. The Morgan fingerprint density at radius 3 is 2.68 bits per heavy atom. The highest BCUT2D eigenvalue weighted by atomic mass is 35.5. The molecule has 1 aromatic rings. The third-order valence-corrected chi connectivity index (χ3v) is 4.30. The van der Waals surface area contributed by atoms with Crippen LogP contribution < -0.4 is 5.32 Å². The Morgan fingerprint density at radius 1 is 1.32 bits per heavy atom. The highest BCUT2D eigenvalue weighted by Gasteiger charge is 2.17. The van der Waals surface area contributed by atoms with Gasteiger partial charge in [0, 0.05) is 29.7 Å². The second-order valence-corrected chi connectivity index (χ2v) is 5.77. The quantitative estimate of drug-likeness (QED) is 0.831. The summed E-state index contributed by atoms with van der Waals surface area (Å²) in [7, 11) is 0. The fourth-order valence-electron chi connectivity index (χ4n) is 2.49. The van der Waals surface area contributed by atoms with Crippen molar-refractivity contribution in [2.75, 3.05) is 26.2 Å². The summed E-state index contributed by atoms with van der Waals surface area (Å²) in [6.07, 6.45) is 2.58. The zero-order valence-corrected chi connectivity index (χ0v) is 12.6. The molecule has 0 bridgehead atoms. The van der Waals surface area contributed by atoms with Crippen molar-refractivity contribution in [1.29, 1.82) is 0 Å². The van der Waals surface area contributed by atoms with E-state index in [1.807, 2.05) is 6.92 Å². The molecule has 2 rings (SSSR count). The largest absolute Gasteiger partial charge is 0.309 e. The molecule has 19 heavy (non-hydrogen) atoms. The highest BCUT2D eigenvalue weighted by molar-refractivity contribution is 6.36. The normalized spacial score (nSPS) is 17.9. The van der Waals surface area contributed by atoms with Gasteiger partial charge in [0.2, 0.25) is 0 Å². The first-order chi connectivity index (χ1) is 9.09. The van der Waals surface area contributed by atoms with Crippen LogP contribution in [0.25, 0.3) is 0 Å². The summed E-state index contributed by atoms with van der Waals surface area (Å²) in [5.41, 5.74) is 0.643. The molecular weight excluding hydrogens is 286 g/mol. The number of hydrogen-bond acceptors (Lipinski definition) is 2. The minimum absolute atomic E-state index is 0.0571. The summed E-state index contributed by atoms with van der Waals surface area (Å²) in [6.45, 7) is 6.17. The van der Waals surface area contributed by atoms with E-state index in [0.717, 1.165) is 13.1 Å². The Balaban J connectivity index is 1.92. The van der Waals surface area contributed by atoms with Crippen LogP contribution in [0.1, 0.15) is 31.4 Å². The van der Waals surface area contributed by atoms with Gasteiger partial charge < -0.3 is 10.2 Å². The summed E-state index contributed by atoms with van der Waals surface area (Å²) in [5.74, 6) is -0.422. The van der Waals surface area contributed by atoms with E-state index in [2.05, 4.69) is 10.2 Å². The SMILES string of the molecule is CC(NCCN1CCCC1)c1c(Cl)ccc(F)c1Cl. The lowest BCUT2D eigenvalue weighted by molar-refractivity contribution is 0.329. The zero-order valence-electron chi connectivity index (χ0n) is 11.1. The van der Waals surface area contributed by atoms with Crippen LogP contribution in [0.4, 0.5) is 4.39 Å². The molecule has 1 fully saturated rings. The van der Waals surface area contributed by atoms with Crippen molar-refractivity contribution in [3.63, 3.8) is 0 Å². The Hall–Kier alpha value is -0.350. The molecule has 0 amide bonds. The van der Waals surface area contributed by atoms with Crippen molar-refractivity contribution in [3.05, 3.63) is 33.6 Å². The van der Waals surface area contributed by atoms with Gasteiger partial charge in [-0.05, 0) is 45.0 Å². The lowest BCUT2D eigenvalue weighted by atomic mass is 10.1. The molecule has 5 heteroatoms. The van der Waals surface area contributed by atoms with Gasteiger partial charge in [-0.1, -0.05) is 23.2 Å². The monoisotopic (exact) mass is 304 g/mol. The van der Waals surface area contributed by atoms with E-state index in [1.54, 1.807) is 6.07 Å². The van der Waals surface area contributed by atoms with E-state index in [0.29, 0.717) is 10.6 Å². The average molecular weight is 305 g/mol. The molecule has 1 unspecified atom stereocenters. The zero-order chi connectivity index (χ0) is 13.8. The number of nitrogens with one attached hydrogen (secondary N) is 1. The van der Waals surface area contributed by atoms with Gasteiger partial charge in [-0.15, -0.1) is 0 Å². The molecule has 0 aromatic heterocycles. The van der Waals surface area contributed by atoms with Gasteiger partial charge in [-0.2, -0.15) is 0 Å². The molecule has 1 saturated heterocycles. The fraction of sp³-hybridized carbons (Fsp3) is 0.571. The maximum absolute atomic E-state index is 13.5. The van der Waals surface area contributed by atoms with E-state index in [4.69, 9.17) is 23.2 Å². The molecule has 1 aliphatic heterocycles. The summed E-state index contributed by atoms with van der Waals surface area (Å²) >= 11 is 12.1. The van der Waals surface area contributed by atoms with Gasteiger partial charge in [-0.25, -0.2) is 4.39 Å². The van der Waals surface area contributed by atoms with Gasteiger partial charge in [0.05, 0.1) is 5.02 Å². The smallest absolute Gasteiger partial charge is 0.142 e. The van der Waals surface area contributed by atoms with Crippen molar-refractivity contribution in [1.82, 2.24) is 10.2 Å². The maximum atomic E-state index is 13.5. The van der Waals surface area contributed by atoms with E-state index in [1.165, 1.54) is 32.0 Å². The van der Waals surface area contributed by atoms with E-state index >= 15 is 0 Å². The molecule has 0 aliphatic carbocycles. The molecule has 0 spiro atoms. The molecular formula is C14H19Cl2FN2. The van der Waals surface area contributed by atoms with Crippen LogP contribution in [0.5, 0.6) is 0 Å². The third kappa shape index (κ3) is 3.82. The molecule has 1 heterocycles. The maximum Gasteiger partial charge on any atom is 0.142 e. The van der Waals surface area contributed by atoms with Gasteiger partial charge in [0.1, 0.15) is 5.82 Å². The summed E-state index contributed by atoms with van der Waals surface area (Å²) < 4.78 is 13.5. The predicted molar refractivity (Wildman–Crippen MR) is 78.5 cm³/mol. The van der Waals surface area contributed by atoms with Crippen molar-refractivity contribution in [3.8, 4) is 0 Å². The second-order valence-electron chi connectivity index (χ2n) is 4.98. The van der Waals surface area contributed by atoms with Gasteiger partial charge in [0.25, 0.3) is 0 Å². The van der Waals surface area contributed by atoms with E-state index in [9.17, 15) is 4.39 Å². The first-order valence-corrected chi connectivity index (χ1v) is 7.44. The lowest BCUT2D eigenvalue weighted by Crippen LogP contribution is -2.31. The van der Waals surface area contributed by atoms with Crippen LogP contribution in [0, 0.1) is 5.82 Å². The van der Waals surface area contributed by atoms with Crippen molar-refractivity contribution in [2.45, 2.75) is 25.8 Å². The average Bonchev–Trinajstić information content (AvgIpc) is 2.87. The number of benzene rings is 1. The molecule has 1 N–H and O–H groups in total. The van der Waals surface area contributed by atoms with Crippen LogP contribution >= 0.6 is 23.2 Å². The van der Waals surface area contributed by atoms with Crippen molar-refractivity contribution < 1.29 is 4.39 Å². The number of nitrogens with zero attached hydrogens (tertiary/aromatic N) is 1. The first kappa shape index (κ1) is 15.0. The minimum Gasteiger partial charge on any atom is -0.309 e. The van der Waals surface area contributed by atoms with Crippen LogP contribution in [-0.4, -0.2) is 31.1 Å². The molecule has 2 nitrogen and oxygen atoms in total. The first-order valence-electron chi connectivity index (χ1n) is 6.68. The van der Waals surface area contributed by atoms with Crippen LogP contribution in [0.15, 0.2) is 12.1 Å². The Morgan fingerprint density at radius 2 is 2.00 bits per heavy atom. The Kier molecular flexibility index (Phi) is 5.46. The molecule has 0 saturated carbocycles. The Bertz CT molecular complexity index is 434. The predicted octanol–water partition coefficient (Wildman–Crippen LogP) is 3.88. The van der Waals surface area contributed by atoms with Crippen molar-refractivity contribution in [2.24, 2.45) is 0 Å². The van der Waals surface area contributed by atoms with Crippen LogP contribution in [-0.2, 0) is 0 Å². The van der Waals surface area contributed by atoms with E-state index in [-0.39, 0.29) is 11.1 Å². The number of hydrogen-bond donors (Lipinski definition) is 1. The van der Waals surface area contributed by atoms with Gasteiger partial charge in [-0.3, -0.25) is 0 Å². The summed E-state index contributed by atoms with van der Waals surface area (Å²) in [6, 6.07) is 2.79. The minimum atomic E-state index is -0.422. The number of halogens is 3. The van der Waals surface area contributed by atoms with E-state index < -0.39 is 5.82 Å². The lowest BCUT2D eigenvalue weighted by Gasteiger charge is -2.20. The topological polar surface area (TPSA) is 15.3 Å². The molecule has 1 atom stereocenters. The molecule has 0 radical (unpaired) electrons. The highest BCUT2D eigenvalue weighted by Crippen LogP contribution is 2.32. The summed E-state index contributed by atoms with van der Waals surface area (Å²) in [4.78, 5) is 2.43. The molecule has 1 aromatic carbocycles. The van der Waals surface area contributed by atoms with Crippen LogP contribution in [0.2, 0.25) is 10.0 Å². The second kappa shape index (κ2) is 6.89. The number of likely N-dealkylation sites (tertiary alicyclic amines) is 1. The number of rotatable bonds is 5. The molecule has 1 aliphatic rings.